The van der Waals surface area contributed by atoms with Gasteiger partial charge in [0.15, 0.2) is 0 Å². The zero-order chi connectivity index (χ0) is 17.0. The van der Waals surface area contributed by atoms with Gasteiger partial charge in [0.05, 0.1) is 5.56 Å². The highest BCUT2D eigenvalue weighted by Gasteiger charge is 2.27. The van der Waals surface area contributed by atoms with Crippen LogP contribution < -0.4 is 10.6 Å². The summed E-state index contributed by atoms with van der Waals surface area (Å²) in [5, 5.41) is 0. The van der Waals surface area contributed by atoms with Crippen molar-refractivity contribution in [1.82, 2.24) is 0 Å². The van der Waals surface area contributed by atoms with Gasteiger partial charge >= 0.3 is 5.97 Å². The number of ether oxygens (including phenoxy) is 1. The Balaban J connectivity index is 2.16. The Kier molecular flexibility index (Phi) is 5.31. The molecule has 124 valence electrons. The Labute approximate surface area is 132 Å². The molecule has 0 aromatic heterocycles. The molecule has 1 heterocycles. The molecule has 1 aliphatic heterocycles. The second-order valence-electron chi connectivity index (χ2n) is 5.34. The first-order chi connectivity index (χ1) is 10.9. The van der Waals surface area contributed by atoms with Crippen LogP contribution in [0.2, 0.25) is 0 Å². The Morgan fingerprint density at radius 3 is 2.35 bits per heavy atom. The number of primary amides is 1. The van der Waals surface area contributed by atoms with E-state index >= 15 is 0 Å². The standard InChI is InChI=1S/C16H18F2N2O3/c1-2-7-23-16(22)11-8-12(17)14(13(18)9-11)20-5-3-10(4-6-20)15(19)21/h2,8-10H,1,3-7H2,(H2,19,21). The van der Waals surface area contributed by atoms with Gasteiger partial charge in [0.2, 0.25) is 5.91 Å². The summed E-state index contributed by atoms with van der Waals surface area (Å²) < 4.78 is 33.2. The van der Waals surface area contributed by atoms with Gasteiger partial charge < -0.3 is 15.4 Å². The Morgan fingerprint density at radius 1 is 1.30 bits per heavy atom. The third kappa shape index (κ3) is 3.85. The summed E-state index contributed by atoms with van der Waals surface area (Å²) in [4.78, 5) is 24.3. The minimum Gasteiger partial charge on any atom is -0.458 e. The molecule has 1 aliphatic rings. The average molecular weight is 324 g/mol. The average Bonchev–Trinajstić information content (AvgIpc) is 2.52. The SMILES string of the molecule is C=CCOC(=O)c1cc(F)c(N2CCC(C(N)=O)CC2)c(F)c1. The molecule has 5 nitrogen and oxygen atoms in total. The van der Waals surface area contributed by atoms with Crippen LogP contribution in [-0.4, -0.2) is 31.6 Å². The Bertz CT molecular complexity index is 603. The van der Waals surface area contributed by atoms with Gasteiger partial charge in [-0.25, -0.2) is 13.6 Å². The van der Waals surface area contributed by atoms with Crippen LogP contribution in [-0.2, 0) is 9.53 Å². The van der Waals surface area contributed by atoms with Crippen LogP contribution in [0, 0.1) is 17.6 Å². The molecule has 1 amide bonds. The molecule has 23 heavy (non-hydrogen) atoms. The van der Waals surface area contributed by atoms with E-state index in [0.717, 1.165) is 12.1 Å². The molecule has 2 N–H and O–H groups in total. The smallest absolute Gasteiger partial charge is 0.338 e. The van der Waals surface area contributed by atoms with Gasteiger partial charge in [0, 0.05) is 19.0 Å². The molecule has 0 bridgehead atoms. The number of anilines is 1. The van der Waals surface area contributed by atoms with Crippen molar-refractivity contribution in [1.29, 1.82) is 0 Å². The lowest BCUT2D eigenvalue weighted by molar-refractivity contribution is -0.122. The summed E-state index contributed by atoms with van der Waals surface area (Å²) in [5.41, 5.74) is 4.84. The third-order valence-corrected chi connectivity index (χ3v) is 3.80. The van der Waals surface area contributed by atoms with Crippen molar-refractivity contribution in [2.45, 2.75) is 12.8 Å². The number of nitrogens with two attached hydrogens (primary N) is 1. The molecule has 2 rings (SSSR count). The number of benzene rings is 1. The first-order valence-corrected chi connectivity index (χ1v) is 7.25. The number of halogens is 2. The van der Waals surface area contributed by atoms with E-state index in [4.69, 9.17) is 10.5 Å². The van der Waals surface area contributed by atoms with Gasteiger partial charge in [-0.15, -0.1) is 0 Å². The van der Waals surface area contributed by atoms with Crippen LogP contribution in [0.15, 0.2) is 24.8 Å². The Hall–Kier alpha value is -2.44. The fraction of sp³-hybridized carbons (Fsp3) is 0.375. The van der Waals surface area contributed by atoms with E-state index in [9.17, 15) is 18.4 Å². The molecule has 0 unspecified atom stereocenters. The lowest BCUT2D eigenvalue weighted by Gasteiger charge is -2.32. The molecule has 1 aromatic rings. The maximum atomic E-state index is 14.2. The van der Waals surface area contributed by atoms with E-state index in [1.807, 2.05) is 0 Å². The van der Waals surface area contributed by atoms with Crippen molar-refractivity contribution >= 4 is 17.6 Å². The Morgan fingerprint density at radius 2 is 1.87 bits per heavy atom. The van der Waals surface area contributed by atoms with E-state index in [1.54, 1.807) is 0 Å². The quantitative estimate of drug-likeness (QED) is 0.664. The zero-order valence-corrected chi connectivity index (χ0v) is 12.6. The largest absolute Gasteiger partial charge is 0.458 e. The molecule has 0 spiro atoms. The van der Waals surface area contributed by atoms with E-state index in [-0.39, 0.29) is 23.8 Å². The van der Waals surface area contributed by atoms with Crippen LogP contribution in [0.1, 0.15) is 23.2 Å². The number of rotatable bonds is 5. The summed E-state index contributed by atoms with van der Waals surface area (Å²) in [5.74, 6) is -3.17. The van der Waals surface area contributed by atoms with Crippen LogP contribution in [0.3, 0.4) is 0 Å². The highest BCUT2D eigenvalue weighted by atomic mass is 19.1. The van der Waals surface area contributed by atoms with Crippen LogP contribution >= 0.6 is 0 Å². The van der Waals surface area contributed by atoms with Gasteiger partial charge in [-0.2, -0.15) is 0 Å². The van der Waals surface area contributed by atoms with Gasteiger partial charge in [-0.3, -0.25) is 4.79 Å². The fourth-order valence-corrected chi connectivity index (χ4v) is 2.59. The van der Waals surface area contributed by atoms with Crippen molar-refractivity contribution in [2.75, 3.05) is 24.6 Å². The van der Waals surface area contributed by atoms with E-state index in [1.165, 1.54) is 11.0 Å². The number of amides is 1. The normalized spacial score (nSPS) is 15.3. The van der Waals surface area contributed by atoms with E-state index in [0.29, 0.717) is 25.9 Å². The van der Waals surface area contributed by atoms with Crippen molar-refractivity contribution in [3.05, 3.63) is 42.0 Å². The second kappa shape index (κ2) is 7.21. The number of nitrogens with zero attached hydrogens (tertiary/aromatic N) is 1. The molecule has 1 aromatic carbocycles. The van der Waals surface area contributed by atoms with Crippen molar-refractivity contribution < 1.29 is 23.1 Å². The minimum absolute atomic E-state index is 0.0372. The molecule has 0 atom stereocenters. The predicted octanol–water partition coefficient (Wildman–Crippen LogP) is 2.01. The monoisotopic (exact) mass is 324 g/mol. The number of esters is 1. The zero-order valence-electron chi connectivity index (χ0n) is 12.6. The van der Waals surface area contributed by atoms with Crippen LogP contribution in [0.4, 0.5) is 14.5 Å². The minimum atomic E-state index is -0.840. The fourth-order valence-electron chi connectivity index (χ4n) is 2.59. The number of piperidine rings is 1. The molecule has 0 radical (unpaired) electrons. The summed E-state index contributed by atoms with van der Waals surface area (Å²) in [6, 6.07) is 1.90. The molecular formula is C16H18F2N2O3. The first kappa shape index (κ1) is 16.9. The van der Waals surface area contributed by atoms with E-state index < -0.39 is 23.5 Å². The number of hydrogen-bond acceptors (Lipinski definition) is 4. The van der Waals surface area contributed by atoms with E-state index in [2.05, 4.69) is 6.58 Å². The summed E-state index contributed by atoms with van der Waals surface area (Å²) >= 11 is 0. The van der Waals surface area contributed by atoms with Gasteiger partial charge in [-0.05, 0) is 25.0 Å². The molecule has 0 saturated carbocycles. The van der Waals surface area contributed by atoms with Crippen molar-refractivity contribution in [3.8, 4) is 0 Å². The molecule has 7 heteroatoms. The first-order valence-electron chi connectivity index (χ1n) is 7.25. The molecule has 0 aliphatic carbocycles. The van der Waals surface area contributed by atoms with Gasteiger partial charge in [0.25, 0.3) is 0 Å². The summed E-state index contributed by atoms with van der Waals surface area (Å²) in [7, 11) is 0. The second-order valence-corrected chi connectivity index (χ2v) is 5.34. The van der Waals surface area contributed by atoms with Crippen molar-refractivity contribution in [3.63, 3.8) is 0 Å². The van der Waals surface area contributed by atoms with Gasteiger partial charge in [-0.1, -0.05) is 12.7 Å². The number of hydrogen-bond donors (Lipinski definition) is 1. The lowest BCUT2D eigenvalue weighted by atomic mass is 9.95. The maximum Gasteiger partial charge on any atom is 0.338 e. The van der Waals surface area contributed by atoms with Crippen LogP contribution in [0.25, 0.3) is 0 Å². The number of carbonyl (C=O) groups excluding carboxylic acids is 2. The lowest BCUT2D eigenvalue weighted by Crippen LogP contribution is -2.39. The molecular weight excluding hydrogens is 306 g/mol. The highest BCUT2D eigenvalue weighted by molar-refractivity contribution is 5.90. The summed E-state index contributed by atoms with van der Waals surface area (Å²) in [6.45, 7) is 4.00. The predicted molar refractivity (Wildman–Crippen MR) is 81.0 cm³/mol. The highest BCUT2D eigenvalue weighted by Crippen LogP contribution is 2.29. The van der Waals surface area contributed by atoms with Crippen LogP contribution in [0.5, 0.6) is 0 Å². The van der Waals surface area contributed by atoms with Crippen molar-refractivity contribution in [2.24, 2.45) is 11.7 Å². The molecule has 1 saturated heterocycles. The maximum absolute atomic E-state index is 14.2. The number of carbonyl (C=O) groups is 2. The van der Waals surface area contributed by atoms with Gasteiger partial charge in [0.1, 0.15) is 23.9 Å². The molecule has 1 fully saturated rings. The third-order valence-electron chi connectivity index (χ3n) is 3.80. The topological polar surface area (TPSA) is 72.6 Å². The summed E-state index contributed by atoms with van der Waals surface area (Å²) in [6.07, 6.45) is 2.25.